The van der Waals surface area contributed by atoms with Crippen LogP contribution in [0.3, 0.4) is 0 Å². The number of halogens is 3. The maximum atomic E-state index is 12.7. The summed E-state index contributed by atoms with van der Waals surface area (Å²) in [6.07, 6.45) is 1.56. The van der Waals surface area contributed by atoms with E-state index in [2.05, 4.69) is 19.9 Å². The number of rotatable bonds is 4. The summed E-state index contributed by atoms with van der Waals surface area (Å²) in [4.78, 5) is 15.7. The summed E-state index contributed by atoms with van der Waals surface area (Å²) in [5.74, 6) is 0. The number of nitrogens with zero attached hydrogens (tertiary/aromatic N) is 5. The summed E-state index contributed by atoms with van der Waals surface area (Å²) in [6, 6.07) is 6.37. The molecule has 0 saturated carbocycles. The Morgan fingerprint density at radius 1 is 1.00 bits per heavy atom. The predicted molar refractivity (Wildman–Crippen MR) is 76.7 cm³/mol. The van der Waals surface area contributed by atoms with Crippen molar-refractivity contribution in [3.63, 3.8) is 0 Å². The Bertz CT molecular complexity index is 788. The van der Waals surface area contributed by atoms with E-state index in [0.717, 1.165) is 29.7 Å². The second-order valence-corrected chi connectivity index (χ2v) is 5.42. The normalized spacial score (nSPS) is 11.6. The molecule has 118 valence electrons. The first kappa shape index (κ1) is 15.5. The Morgan fingerprint density at radius 2 is 1.87 bits per heavy atom. The second-order valence-electron chi connectivity index (χ2n) is 4.48. The van der Waals surface area contributed by atoms with Crippen molar-refractivity contribution in [2.24, 2.45) is 0 Å². The summed E-state index contributed by atoms with van der Waals surface area (Å²) in [5.41, 5.74) is -0.157. The molecule has 0 unspecified atom stereocenters. The van der Waals surface area contributed by atoms with Gasteiger partial charge in [-0.1, -0.05) is 6.07 Å². The largest absolute Gasteiger partial charge is 0.433 e. The van der Waals surface area contributed by atoms with Gasteiger partial charge in [-0.25, -0.2) is 15.0 Å². The van der Waals surface area contributed by atoms with Gasteiger partial charge in [0.15, 0.2) is 10.3 Å². The fourth-order valence-electron chi connectivity index (χ4n) is 1.82. The highest BCUT2D eigenvalue weighted by molar-refractivity contribution is 7.99. The monoisotopic (exact) mass is 337 g/mol. The number of hydrogen-bond acceptors (Lipinski definition) is 5. The summed E-state index contributed by atoms with van der Waals surface area (Å²) >= 11 is 0.972. The molecule has 3 heterocycles. The van der Waals surface area contributed by atoms with Crippen molar-refractivity contribution in [3.05, 3.63) is 60.4 Å². The minimum atomic E-state index is -4.50. The lowest BCUT2D eigenvalue weighted by molar-refractivity contribution is -0.141. The third-order valence-electron chi connectivity index (χ3n) is 2.84. The van der Waals surface area contributed by atoms with Crippen molar-refractivity contribution in [1.82, 2.24) is 24.5 Å². The zero-order chi connectivity index (χ0) is 16.3. The van der Waals surface area contributed by atoms with E-state index in [9.17, 15) is 13.2 Å². The van der Waals surface area contributed by atoms with Crippen LogP contribution in [0.2, 0.25) is 0 Å². The van der Waals surface area contributed by atoms with Crippen molar-refractivity contribution < 1.29 is 13.2 Å². The highest BCUT2D eigenvalue weighted by Crippen LogP contribution is 2.30. The summed E-state index contributed by atoms with van der Waals surface area (Å²) in [7, 11) is 0. The molecule has 0 spiro atoms. The first-order chi connectivity index (χ1) is 11.0. The average molecular weight is 337 g/mol. The fraction of sp³-hybridized carbons (Fsp3) is 0.143. The van der Waals surface area contributed by atoms with Gasteiger partial charge < -0.3 is 4.57 Å². The molecule has 0 aromatic carbocycles. The van der Waals surface area contributed by atoms with E-state index < -0.39 is 11.9 Å². The maximum absolute atomic E-state index is 12.7. The van der Waals surface area contributed by atoms with Gasteiger partial charge in [-0.15, -0.1) is 0 Å². The molecule has 5 nitrogen and oxygen atoms in total. The zero-order valence-corrected chi connectivity index (χ0v) is 12.4. The van der Waals surface area contributed by atoms with Crippen LogP contribution >= 0.6 is 11.8 Å². The van der Waals surface area contributed by atoms with Gasteiger partial charge >= 0.3 is 6.18 Å². The lowest BCUT2D eigenvalue weighted by Gasteiger charge is -2.08. The Labute approximate surface area is 133 Å². The van der Waals surface area contributed by atoms with Gasteiger partial charge in [0, 0.05) is 24.8 Å². The van der Waals surface area contributed by atoms with E-state index in [-0.39, 0.29) is 5.16 Å². The Balaban J connectivity index is 1.81. The van der Waals surface area contributed by atoms with Crippen molar-refractivity contribution in [1.29, 1.82) is 0 Å². The van der Waals surface area contributed by atoms with E-state index in [1.807, 2.05) is 18.2 Å². The van der Waals surface area contributed by atoms with E-state index in [0.29, 0.717) is 11.7 Å². The first-order valence-corrected chi connectivity index (χ1v) is 7.33. The van der Waals surface area contributed by atoms with Crippen LogP contribution in [0, 0.1) is 0 Å². The average Bonchev–Trinajstić information content (AvgIpc) is 2.95. The molecule has 0 amide bonds. The maximum Gasteiger partial charge on any atom is 0.433 e. The number of pyridine rings is 1. The molecule has 0 aliphatic heterocycles. The summed E-state index contributed by atoms with van der Waals surface area (Å²) in [5, 5.41) is 0.489. The molecule has 3 aromatic rings. The van der Waals surface area contributed by atoms with Crippen molar-refractivity contribution in [3.8, 4) is 0 Å². The Kier molecular flexibility index (Phi) is 4.28. The molecule has 0 atom stereocenters. The molecule has 0 radical (unpaired) electrons. The van der Waals surface area contributed by atoms with Gasteiger partial charge in [0.2, 0.25) is 0 Å². The second kappa shape index (κ2) is 6.37. The zero-order valence-electron chi connectivity index (χ0n) is 11.6. The fourth-order valence-corrected chi connectivity index (χ4v) is 2.59. The molecule has 0 aliphatic rings. The van der Waals surface area contributed by atoms with E-state index in [1.165, 1.54) is 0 Å². The molecule has 0 fully saturated rings. The van der Waals surface area contributed by atoms with Crippen molar-refractivity contribution >= 4 is 11.8 Å². The van der Waals surface area contributed by atoms with Crippen molar-refractivity contribution in [2.45, 2.75) is 23.0 Å². The van der Waals surface area contributed by atoms with Gasteiger partial charge in [0.05, 0.1) is 12.2 Å². The first-order valence-electron chi connectivity index (χ1n) is 6.51. The molecule has 9 heteroatoms. The van der Waals surface area contributed by atoms with Crippen LogP contribution in [-0.2, 0) is 12.7 Å². The lowest BCUT2D eigenvalue weighted by Crippen LogP contribution is -2.09. The van der Waals surface area contributed by atoms with Crippen LogP contribution in [0.5, 0.6) is 0 Å². The molecule has 0 saturated heterocycles. The quantitative estimate of drug-likeness (QED) is 0.684. The molecule has 23 heavy (non-hydrogen) atoms. The Hall–Kier alpha value is -2.42. The Morgan fingerprint density at radius 3 is 2.61 bits per heavy atom. The number of imidazole rings is 1. The minimum absolute atomic E-state index is 0.00621. The molecule has 0 aliphatic carbocycles. The third kappa shape index (κ3) is 3.86. The standard InChI is InChI=1S/C14H10F3N5S/c15-14(16,17)11-4-6-19-12(21-11)23-13-20-7-8-22(13)9-10-3-1-2-5-18-10/h1-8H,9H2. The molecule has 0 N–H and O–H groups in total. The van der Waals surface area contributed by atoms with E-state index in [4.69, 9.17) is 0 Å². The van der Waals surface area contributed by atoms with Crippen LogP contribution in [0.25, 0.3) is 0 Å². The third-order valence-corrected chi connectivity index (χ3v) is 3.74. The van der Waals surface area contributed by atoms with Gasteiger partial charge in [-0.2, -0.15) is 13.2 Å². The molecular weight excluding hydrogens is 327 g/mol. The van der Waals surface area contributed by atoms with Crippen molar-refractivity contribution in [2.75, 3.05) is 0 Å². The number of alkyl halides is 3. The summed E-state index contributed by atoms with van der Waals surface area (Å²) in [6.45, 7) is 0.460. The number of aromatic nitrogens is 5. The van der Waals surface area contributed by atoms with Gasteiger partial charge in [0.25, 0.3) is 0 Å². The lowest BCUT2D eigenvalue weighted by atomic mass is 10.3. The SMILES string of the molecule is FC(F)(F)c1ccnc(Sc2nccn2Cc2ccccn2)n1. The van der Waals surface area contributed by atoms with Crippen LogP contribution in [-0.4, -0.2) is 24.5 Å². The molecule has 3 rings (SSSR count). The van der Waals surface area contributed by atoms with Gasteiger partial charge in [-0.3, -0.25) is 4.98 Å². The smallest absolute Gasteiger partial charge is 0.320 e. The van der Waals surface area contributed by atoms with Gasteiger partial charge in [-0.05, 0) is 30.0 Å². The number of hydrogen-bond donors (Lipinski definition) is 0. The van der Waals surface area contributed by atoms with Crippen LogP contribution in [0.4, 0.5) is 13.2 Å². The summed E-state index contributed by atoms with van der Waals surface area (Å²) < 4.78 is 39.8. The van der Waals surface area contributed by atoms with Crippen LogP contribution in [0.1, 0.15) is 11.4 Å². The molecule has 3 aromatic heterocycles. The highest BCUT2D eigenvalue weighted by Gasteiger charge is 2.32. The minimum Gasteiger partial charge on any atom is -0.320 e. The predicted octanol–water partition coefficient (Wildman–Crippen LogP) is 3.29. The van der Waals surface area contributed by atoms with E-state index in [1.54, 1.807) is 23.2 Å². The highest BCUT2D eigenvalue weighted by atomic mass is 32.2. The van der Waals surface area contributed by atoms with Crippen LogP contribution < -0.4 is 0 Å². The van der Waals surface area contributed by atoms with E-state index >= 15 is 0 Å². The molecule has 0 bridgehead atoms. The molecular formula is C14H10F3N5S. The topological polar surface area (TPSA) is 56.5 Å². The van der Waals surface area contributed by atoms with Crippen LogP contribution in [0.15, 0.2) is 59.4 Å². The van der Waals surface area contributed by atoms with Gasteiger partial charge in [0.1, 0.15) is 5.69 Å².